The van der Waals surface area contributed by atoms with Crippen molar-refractivity contribution in [1.82, 2.24) is 25.1 Å². The third kappa shape index (κ3) is 8.09. The number of rotatable bonds is 10. The molecule has 2 aliphatic rings. The highest BCUT2D eigenvalue weighted by atomic mass is 35.5. The van der Waals surface area contributed by atoms with E-state index in [9.17, 15) is 9.59 Å². The molecule has 0 spiro atoms. The van der Waals surface area contributed by atoms with Gasteiger partial charge >= 0.3 is 6.03 Å². The molecule has 2 fully saturated rings. The highest BCUT2D eigenvalue weighted by molar-refractivity contribution is 6.35. The molecular formula is C42H42Cl3N7O2. The number of hydrogen-bond acceptors (Lipinski definition) is 5. The van der Waals surface area contributed by atoms with Crippen molar-refractivity contribution in [3.05, 3.63) is 135 Å². The predicted octanol–water partition coefficient (Wildman–Crippen LogP) is 10.1. The van der Waals surface area contributed by atoms with Crippen molar-refractivity contribution in [3.8, 4) is 0 Å². The van der Waals surface area contributed by atoms with Crippen molar-refractivity contribution < 1.29 is 9.59 Å². The van der Waals surface area contributed by atoms with Crippen LogP contribution < -0.4 is 15.5 Å². The average Bonchev–Trinajstić information content (AvgIpc) is 3.86. The lowest BCUT2D eigenvalue weighted by atomic mass is 9.96. The van der Waals surface area contributed by atoms with Crippen LogP contribution in [0.5, 0.6) is 0 Å². The monoisotopic (exact) mass is 781 g/mol. The Morgan fingerprint density at radius 3 is 2.39 bits per heavy atom. The van der Waals surface area contributed by atoms with Crippen LogP contribution in [-0.2, 0) is 6.54 Å². The number of fused-ring (bicyclic) bond motifs is 1. The molecule has 54 heavy (non-hydrogen) atoms. The molecule has 5 aromatic rings. The largest absolute Gasteiger partial charge is 0.355 e. The van der Waals surface area contributed by atoms with Crippen LogP contribution in [0, 0.1) is 0 Å². The predicted molar refractivity (Wildman–Crippen MR) is 221 cm³/mol. The van der Waals surface area contributed by atoms with E-state index in [0.29, 0.717) is 63.0 Å². The molecule has 3 N–H and O–H groups in total. The topological polar surface area (TPSA) is 96.6 Å². The second-order valence-corrected chi connectivity index (χ2v) is 15.0. The number of halogens is 3. The van der Waals surface area contributed by atoms with Gasteiger partial charge in [-0.3, -0.25) is 4.79 Å². The Kier molecular flexibility index (Phi) is 11.5. The Bertz CT molecular complexity index is 2210. The van der Waals surface area contributed by atoms with Gasteiger partial charge in [0, 0.05) is 76.5 Å². The zero-order chi connectivity index (χ0) is 37.8. The van der Waals surface area contributed by atoms with Crippen LogP contribution in [0.1, 0.15) is 59.8 Å². The van der Waals surface area contributed by atoms with Crippen LogP contribution in [-0.4, -0.2) is 63.9 Å². The number of nitrogens with zero attached hydrogens (tertiary/aromatic N) is 4. The summed E-state index contributed by atoms with van der Waals surface area (Å²) >= 11 is 19.5. The fourth-order valence-corrected chi connectivity index (χ4v) is 8.02. The molecule has 0 saturated carbocycles. The summed E-state index contributed by atoms with van der Waals surface area (Å²) in [6.45, 7) is 9.61. The number of likely N-dealkylation sites (tertiary alicyclic amines) is 1. The number of pyridine rings is 1. The molecule has 2 saturated heterocycles. The van der Waals surface area contributed by atoms with E-state index < -0.39 is 0 Å². The number of amides is 3. The van der Waals surface area contributed by atoms with Crippen LogP contribution in [0.15, 0.2) is 97.8 Å². The summed E-state index contributed by atoms with van der Waals surface area (Å²) in [5.41, 5.74) is 5.84. The van der Waals surface area contributed by atoms with Gasteiger partial charge in [-0.15, -0.1) is 0 Å². The van der Waals surface area contributed by atoms with Crippen molar-refractivity contribution in [2.45, 2.75) is 45.2 Å². The number of benzene rings is 3. The summed E-state index contributed by atoms with van der Waals surface area (Å²) in [6.07, 6.45) is 7.15. The first-order valence-electron chi connectivity index (χ1n) is 18.2. The van der Waals surface area contributed by atoms with Crippen molar-refractivity contribution in [2.75, 3.05) is 36.4 Å². The number of allylic oxidation sites excluding steroid dienone is 1. The highest BCUT2D eigenvalue weighted by Gasteiger charge is 2.29. The van der Waals surface area contributed by atoms with Gasteiger partial charge in [0.1, 0.15) is 5.69 Å². The van der Waals surface area contributed by atoms with E-state index in [4.69, 9.17) is 39.8 Å². The summed E-state index contributed by atoms with van der Waals surface area (Å²) < 4.78 is 0. The zero-order valence-electron chi connectivity index (χ0n) is 30.0. The van der Waals surface area contributed by atoms with Crippen LogP contribution in [0.25, 0.3) is 22.2 Å². The maximum absolute atomic E-state index is 14.7. The Labute approximate surface area is 330 Å². The van der Waals surface area contributed by atoms with E-state index in [-0.39, 0.29) is 18.0 Å². The van der Waals surface area contributed by atoms with Crippen molar-refractivity contribution >= 4 is 80.4 Å². The third-order valence-corrected chi connectivity index (χ3v) is 11.0. The minimum atomic E-state index is -0.341. The molecule has 0 atom stereocenters. The average molecular weight is 783 g/mol. The summed E-state index contributed by atoms with van der Waals surface area (Å²) in [5, 5.41) is 8.83. The lowest BCUT2D eigenvalue weighted by Gasteiger charge is -2.34. The molecule has 7 rings (SSSR count). The van der Waals surface area contributed by atoms with Crippen LogP contribution in [0.3, 0.4) is 0 Å². The first kappa shape index (κ1) is 37.4. The number of aromatic amines is 1. The van der Waals surface area contributed by atoms with Gasteiger partial charge in [0.25, 0.3) is 5.91 Å². The molecule has 0 radical (unpaired) electrons. The Hall–Kier alpha value is -4.96. The van der Waals surface area contributed by atoms with Gasteiger partial charge in [-0.2, -0.15) is 0 Å². The van der Waals surface area contributed by atoms with E-state index in [2.05, 4.69) is 27.1 Å². The second-order valence-electron chi connectivity index (χ2n) is 13.7. The van der Waals surface area contributed by atoms with Crippen molar-refractivity contribution in [3.63, 3.8) is 0 Å². The number of urea groups is 1. The van der Waals surface area contributed by atoms with E-state index in [0.717, 1.165) is 66.6 Å². The molecule has 3 amide bonds. The van der Waals surface area contributed by atoms with Gasteiger partial charge < -0.3 is 30.3 Å². The number of carbonyl (C=O) groups excluding carboxylic acids is 2. The minimum absolute atomic E-state index is 0.0226. The molecular weight excluding hydrogens is 741 g/mol. The van der Waals surface area contributed by atoms with Crippen molar-refractivity contribution in [1.29, 1.82) is 0 Å². The molecule has 4 heterocycles. The molecule has 278 valence electrons. The number of anilines is 2. The van der Waals surface area contributed by atoms with E-state index in [1.807, 2.05) is 89.5 Å². The quantitative estimate of drug-likeness (QED) is 0.131. The van der Waals surface area contributed by atoms with Crippen LogP contribution in [0.4, 0.5) is 16.3 Å². The Morgan fingerprint density at radius 2 is 1.67 bits per heavy atom. The molecule has 0 aliphatic carbocycles. The number of aromatic nitrogens is 2. The molecule has 3 aromatic carbocycles. The van der Waals surface area contributed by atoms with Gasteiger partial charge in [-0.1, -0.05) is 83.8 Å². The van der Waals surface area contributed by atoms with Crippen LogP contribution in [0.2, 0.25) is 15.1 Å². The van der Waals surface area contributed by atoms with Gasteiger partial charge in [-0.05, 0) is 91.9 Å². The van der Waals surface area contributed by atoms with E-state index >= 15 is 0 Å². The SMILES string of the molecule is C=CN(Cc1ccc(Cl)cc1Cl)/C(=C(\C)c1ccccc1)c1c(C(=O)Nc2cccnc2N2CCC(NC(=O)N3CCCC3)CC2)[nH]c2cc(Cl)ccc12. The number of piperidine rings is 1. The Morgan fingerprint density at radius 1 is 0.944 bits per heavy atom. The lowest BCUT2D eigenvalue weighted by Crippen LogP contribution is -2.48. The summed E-state index contributed by atoms with van der Waals surface area (Å²) in [7, 11) is 0. The fraction of sp³-hybridized carbons (Fsp3) is 0.262. The molecule has 9 nitrogen and oxygen atoms in total. The van der Waals surface area contributed by atoms with Gasteiger partial charge in [-0.25, -0.2) is 9.78 Å². The number of H-pyrrole nitrogens is 1. The summed E-state index contributed by atoms with van der Waals surface area (Å²) in [6, 6.07) is 24.8. The maximum atomic E-state index is 14.7. The first-order valence-corrected chi connectivity index (χ1v) is 19.3. The molecule has 12 heteroatoms. The standard InChI is InChI=1S/C42H42Cl3N7O2/c1-3-50(26-29-13-14-30(43)24-34(29)45)39(27(2)28-10-5-4-6-11-28)37-33-16-15-31(44)25-36(33)48-38(37)41(53)49-35-12-9-19-46-40(35)51-22-17-32(18-23-51)47-42(54)52-20-7-8-21-52/h3-6,9-16,19,24-25,32,48H,1,7-8,17-18,20-23,26H2,2H3,(H,47,54)(H,49,53)/b39-27+. The second kappa shape index (κ2) is 16.6. The first-order chi connectivity index (χ1) is 26.2. The zero-order valence-corrected chi connectivity index (χ0v) is 32.3. The van der Waals surface area contributed by atoms with Gasteiger partial charge in [0.2, 0.25) is 0 Å². The van der Waals surface area contributed by atoms with Crippen molar-refractivity contribution in [2.24, 2.45) is 0 Å². The van der Waals surface area contributed by atoms with Gasteiger partial charge in [0.05, 0.1) is 11.4 Å². The molecule has 2 aromatic heterocycles. The minimum Gasteiger partial charge on any atom is -0.355 e. The molecule has 0 unspecified atom stereocenters. The summed E-state index contributed by atoms with van der Waals surface area (Å²) in [5.74, 6) is 0.337. The molecule has 0 bridgehead atoms. The number of nitrogens with one attached hydrogen (secondary N) is 3. The number of carbonyl (C=O) groups is 2. The third-order valence-electron chi connectivity index (χ3n) is 10.2. The lowest BCUT2D eigenvalue weighted by molar-refractivity contribution is 0.102. The van der Waals surface area contributed by atoms with Gasteiger partial charge in [0.15, 0.2) is 5.82 Å². The number of hydrogen-bond donors (Lipinski definition) is 3. The normalized spacial score (nSPS) is 15.3. The molecule has 2 aliphatic heterocycles. The maximum Gasteiger partial charge on any atom is 0.317 e. The Balaban J connectivity index is 1.24. The summed E-state index contributed by atoms with van der Waals surface area (Å²) in [4.78, 5) is 41.6. The highest BCUT2D eigenvalue weighted by Crippen LogP contribution is 2.39. The van der Waals surface area contributed by atoms with E-state index in [1.165, 1.54) is 0 Å². The fourth-order valence-electron chi connectivity index (χ4n) is 7.38. The van der Waals surface area contributed by atoms with E-state index in [1.54, 1.807) is 18.5 Å². The smallest absolute Gasteiger partial charge is 0.317 e. The van der Waals surface area contributed by atoms with Crippen LogP contribution >= 0.6 is 34.8 Å².